The molecule has 0 bridgehead atoms. The van der Waals surface area contributed by atoms with Gasteiger partial charge < -0.3 is 14.1 Å². The average molecular weight is 412 g/mol. The van der Waals surface area contributed by atoms with Crippen LogP contribution in [0.25, 0.3) is 11.0 Å². The van der Waals surface area contributed by atoms with Gasteiger partial charge in [0.15, 0.2) is 0 Å². The van der Waals surface area contributed by atoms with E-state index in [0.717, 1.165) is 5.39 Å². The van der Waals surface area contributed by atoms with Crippen LogP contribution < -0.4 is 10.4 Å². The fraction of sp³-hybridized carbons (Fsp3) is 0.227. The highest BCUT2D eigenvalue weighted by Crippen LogP contribution is 2.24. The highest BCUT2D eigenvalue weighted by Gasteiger charge is 2.29. The molecule has 1 aliphatic rings. The van der Waals surface area contributed by atoms with Crippen LogP contribution in [0.3, 0.4) is 0 Å². The van der Waals surface area contributed by atoms with Gasteiger partial charge in [-0.05, 0) is 55.3 Å². The van der Waals surface area contributed by atoms with Gasteiger partial charge in [0, 0.05) is 41.2 Å². The Balaban J connectivity index is 1.37. The Hall–Kier alpha value is -3.12. The first-order valence-electron chi connectivity index (χ1n) is 9.30. The molecule has 0 unspecified atom stereocenters. The number of amides is 1. The molecule has 3 aromatic rings. The fourth-order valence-corrected chi connectivity index (χ4v) is 3.52. The molecule has 1 amide bonds. The van der Waals surface area contributed by atoms with Crippen molar-refractivity contribution < 1.29 is 18.7 Å². The van der Waals surface area contributed by atoms with Crippen molar-refractivity contribution >= 4 is 34.4 Å². The van der Waals surface area contributed by atoms with Gasteiger partial charge in [-0.3, -0.25) is 9.59 Å². The van der Waals surface area contributed by atoms with Crippen LogP contribution in [-0.4, -0.2) is 29.9 Å². The summed E-state index contributed by atoms with van der Waals surface area (Å²) in [5.74, 6) is -0.376. The van der Waals surface area contributed by atoms with Crippen LogP contribution in [0.5, 0.6) is 5.75 Å². The summed E-state index contributed by atoms with van der Waals surface area (Å²) in [7, 11) is 0. The second kappa shape index (κ2) is 8.09. The van der Waals surface area contributed by atoms with Crippen molar-refractivity contribution in [1.82, 2.24) is 4.90 Å². The van der Waals surface area contributed by atoms with Crippen molar-refractivity contribution in [2.24, 2.45) is 5.92 Å². The Labute approximate surface area is 171 Å². The van der Waals surface area contributed by atoms with E-state index in [4.69, 9.17) is 20.8 Å². The number of hydrogen-bond acceptors (Lipinski definition) is 5. The predicted octanol–water partition coefficient (Wildman–Crippen LogP) is 3.90. The van der Waals surface area contributed by atoms with Crippen LogP contribution >= 0.6 is 11.6 Å². The largest absolute Gasteiger partial charge is 0.426 e. The van der Waals surface area contributed by atoms with Gasteiger partial charge >= 0.3 is 11.6 Å². The first-order chi connectivity index (χ1) is 14.0. The summed E-state index contributed by atoms with van der Waals surface area (Å²) >= 11 is 5.86. The molecule has 6 nitrogen and oxygen atoms in total. The molecular formula is C22H18ClNO5. The third kappa shape index (κ3) is 4.32. The summed E-state index contributed by atoms with van der Waals surface area (Å²) in [5, 5.41) is 1.33. The summed E-state index contributed by atoms with van der Waals surface area (Å²) in [4.78, 5) is 38.2. The molecule has 0 aliphatic carbocycles. The van der Waals surface area contributed by atoms with E-state index >= 15 is 0 Å². The van der Waals surface area contributed by atoms with Crippen molar-refractivity contribution in [1.29, 1.82) is 0 Å². The van der Waals surface area contributed by atoms with E-state index in [-0.39, 0.29) is 17.8 Å². The molecular weight excluding hydrogens is 394 g/mol. The number of rotatable bonds is 3. The maximum absolute atomic E-state index is 12.6. The van der Waals surface area contributed by atoms with Crippen LogP contribution in [-0.2, 0) is 4.79 Å². The van der Waals surface area contributed by atoms with Gasteiger partial charge in [0.2, 0.25) is 0 Å². The van der Waals surface area contributed by atoms with Crippen molar-refractivity contribution in [3.8, 4) is 5.75 Å². The number of piperidine rings is 1. The van der Waals surface area contributed by atoms with Gasteiger partial charge in [0.1, 0.15) is 11.3 Å². The molecule has 0 spiro atoms. The van der Waals surface area contributed by atoms with Gasteiger partial charge in [0.25, 0.3) is 5.91 Å². The zero-order valence-corrected chi connectivity index (χ0v) is 16.2. The zero-order valence-electron chi connectivity index (χ0n) is 15.5. The SMILES string of the molecule is O=C(Oc1ccc2ccc(=O)oc2c1)C1CCN(C(=O)c2ccc(Cl)cc2)CC1. The molecule has 2 aromatic carbocycles. The molecule has 0 atom stereocenters. The fourth-order valence-electron chi connectivity index (χ4n) is 3.40. The number of benzene rings is 2. The number of esters is 1. The van der Waals surface area contributed by atoms with Gasteiger partial charge in [0.05, 0.1) is 5.92 Å². The molecule has 4 rings (SSSR count). The summed E-state index contributed by atoms with van der Waals surface area (Å²) in [6.45, 7) is 0.960. The second-order valence-electron chi connectivity index (χ2n) is 6.95. The molecule has 2 heterocycles. The highest BCUT2D eigenvalue weighted by atomic mass is 35.5. The zero-order chi connectivity index (χ0) is 20.4. The number of hydrogen-bond donors (Lipinski definition) is 0. The average Bonchev–Trinajstić information content (AvgIpc) is 2.73. The van der Waals surface area contributed by atoms with E-state index in [0.29, 0.717) is 47.8 Å². The van der Waals surface area contributed by atoms with Crippen molar-refractivity contribution in [2.45, 2.75) is 12.8 Å². The first kappa shape index (κ1) is 19.2. The quantitative estimate of drug-likeness (QED) is 0.371. The van der Waals surface area contributed by atoms with E-state index in [9.17, 15) is 14.4 Å². The van der Waals surface area contributed by atoms with Gasteiger partial charge in [-0.15, -0.1) is 0 Å². The molecule has 0 N–H and O–H groups in total. The normalized spacial score (nSPS) is 14.7. The topological polar surface area (TPSA) is 76.8 Å². The lowest BCUT2D eigenvalue weighted by atomic mass is 9.96. The van der Waals surface area contributed by atoms with Crippen LogP contribution in [0.1, 0.15) is 23.2 Å². The van der Waals surface area contributed by atoms with E-state index < -0.39 is 5.63 Å². The molecule has 0 saturated carbocycles. The molecule has 148 valence electrons. The predicted molar refractivity (Wildman–Crippen MR) is 108 cm³/mol. The molecule has 1 saturated heterocycles. The van der Waals surface area contributed by atoms with E-state index in [1.54, 1.807) is 47.4 Å². The maximum atomic E-state index is 12.6. The monoisotopic (exact) mass is 411 g/mol. The number of fused-ring (bicyclic) bond motifs is 1. The molecule has 0 radical (unpaired) electrons. The van der Waals surface area contributed by atoms with Crippen molar-refractivity contribution in [2.75, 3.05) is 13.1 Å². The van der Waals surface area contributed by atoms with E-state index in [2.05, 4.69) is 0 Å². The minimum absolute atomic E-state index is 0.0713. The third-order valence-corrected chi connectivity index (χ3v) is 5.27. The Morgan fingerprint density at radius 2 is 1.69 bits per heavy atom. The Bertz CT molecular complexity index is 1110. The number of ether oxygens (including phenoxy) is 1. The lowest BCUT2D eigenvalue weighted by Crippen LogP contribution is -2.41. The first-order valence-corrected chi connectivity index (χ1v) is 9.68. The molecule has 1 aliphatic heterocycles. The lowest BCUT2D eigenvalue weighted by molar-refractivity contribution is -0.140. The Morgan fingerprint density at radius 3 is 2.41 bits per heavy atom. The summed E-state index contributed by atoms with van der Waals surface area (Å²) < 4.78 is 10.6. The second-order valence-corrected chi connectivity index (χ2v) is 7.38. The number of nitrogens with zero attached hydrogens (tertiary/aromatic N) is 1. The van der Waals surface area contributed by atoms with Crippen molar-refractivity contribution in [3.05, 3.63) is 75.6 Å². The molecule has 7 heteroatoms. The van der Waals surface area contributed by atoms with Crippen LogP contribution in [0.4, 0.5) is 0 Å². The smallest absolute Gasteiger partial charge is 0.336 e. The molecule has 29 heavy (non-hydrogen) atoms. The Kier molecular flexibility index (Phi) is 5.36. The summed E-state index contributed by atoms with van der Waals surface area (Å²) in [6, 6.07) is 14.7. The molecule has 1 aromatic heterocycles. The van der Waals surface area contributed by atoms with Crippen LogP contribution in [0, 0.1) is 5.92 Å². The lowest BCUT2D eigenvalue weighted by Gasteiger charge is -2.31. The molecule has 1 fully saturated rings. The number of halogens is 1. The Morgan fingerprint density at radius 1 is 1.00 bits per heavy atom. The van der Waals surface area contributed by atoms with Gasteiger partial charge in [-0.2, -0.15) is 0 Å². The standard InChI is InChI=1S/C22H18ClNO5/c23-17-5-1-15(2-6-17)21(26)24-11-9-16(10-12-24)22(27)28-18-7-3-14-4-8-20(25)29-19(14)13-18/h1-8,13,16H,9-12H2. The number of carbonyl (C=O) groups is 2. The van der Waals surface area contributed by atoms with Crippen molar-refractivity contribution in [3.63, 3.8) is 0 Å². The van der Waals surface area contributed by atoms with Crippen LogP contribution in [0.2, 0.25) is 5.02 Å². The van der Waals surface area contributed by atoms with Crippen LogP contribution in [0.15, 0.2) is 63.8 Å². The van der Waals surface area contributed by atoms with E-state index in [1.807, 2.05) is 0 Å². The van der Waals surface area contributed by atoms with Gasteiger partial charge in [-0.25, -0.2) is 4.79 Å². The maximum Gasteiger partial charge on any atom is 0.336 e. The number of carbonyl (C=O) groups excluding carboxylic acids is 2. The number of likely N-dealkylation sites (tertiary alicyclic amines) is 1. The highest BCUT2D eigenvalue weighted by molar-refractivity contribution is 6.30. The summed E-state index contributed by atoms with van der Waals surface area (Å²) in [5.41, 5.74) is 0.484. The van der Waals surface area contributed by atoms with Gasteiger partial charge in [-0.1, -0.05) is 11.6 Å². The third-order valence-electron chi connectivity index (χ3n) is 5.02. The summed E-state index contributed by atoms with van der Waals surface area (Å²) in [6.07, 6.45) is 1.06. The minimum Gasteiger partial charge on any atom is -0.426 e. The minimum atomic E-state index is -0.460. The van der Waals surface area contributed by atoms with E-state index in [1.165, 1.54) is 12.1 Å².